The average molecular weight is 308 g/mol. The predicted molar refractivity (Wildman–Crippen MR) is 85.6 cm³/mol. The Bertz CT molecular complexity index is 522. The van der Waals surface area contributed by atoms with Crippen LogP contribution in [0, 0.1) is 13.8 Å². The average Bonchev–Trinajstić information content (AvgIpc) is 3.03. The highest BCUT2D eigenvalue weighted by Crippen LogP contribution is 2.26. The van der Waals surface area contributed by atoms with Gasteiger partial charge in [0.15, 0.2) is 0 Å². The molecular formula is C17H28N2O3. The molecule has 1 saturated heterocycles. The summed E-state index contributed by atoms with van der Waals surface area (Å²) >= 11 is 0. The molecule has 124 valence electrons. The fraction of sp³-hybridized carbons (Fsp3) is 0.706. The monoisotopic (exact) mass is 308 g/mol. The van der Waals surface area contributed by atoms with Gasteiger partial charge >= 0.3 is 0 Å². The molecule has 0 bridgehead atoms. The normalized spacial score (nSPS) is 21.8. The van der Waals surface area contributed by atoms with Crippen molar-refractivity contribution in [3.8, 4) is 0 Å². The van der Waals surface area contributed by atoms with E-state index in [1.54, 1.807) is 6.92 Å². The molecule has 0 saturated carbocycles. The van der Waals surface area contributed by atoms with Crippen molar-refractivity contribution in [2.45, 2.75) is 58.6 Å². The van der Waals surface area contributed by atoms with Crippen molar-refractivity contribution in [2.75, 3.05) is 19.6 Å². The van der Waals surface area contributed by atoms with E-state index in [4.69, 9.17) is 4.42 Å². The van der Waals surface area contributed by atoms with Crippen LogP contribution >= 0.6 is 0 Å². The third-order valence-electron chi connectivity index (χ3n) is 4.41. The number of nitrogens with zero attached hydrogens (tertiary/aromatic N) is 1. The SMILES string of the molecule is CCCN1CCCC1C(=O)NCC(C)(O)c1cc(C)oc1C. The van der Waals surface area contributed by atoms with Crippen molar-refractivity contribution in [3.05, 3.63) is 23.2 Å². The molecule has 1 aliphatic heterocycles. The molecule has 1 fully saturated rings. The summed E-state index contributed by atoms with van der Waals surface area (Å²) in [4.78, 5) is 14.6. The van der Waals surface area contributed by atoms with Crippen LogP contribution in [0.1, 0.15) is 50.2 Å². The second kappa shape index (κ2) is 6.84. The van der Waals surface area contributed by atoms with Gasteiger partial charge in [0.2, 0.25) is 5.91 Å². The number of furan rings is 1. The van der Waals surface area contributed by atoms with Gasteiger partial charge in [0.1, 0.15) is 17.1 Å². The van der Waals surface area contributed by atoms with E-state index in [2.05, 4.69) is 17.1 Å². The number of nitrogens with one attached hydrogen (secondary N) is 1. The molecule has 1 amide bonds. The van der Waals surface area contributed by atoms with Gasteiger partial charge in [-0.2, -0.15) is 0 Å². The lowest BCUT2D eigenvalue weighted by atomic mass is 9.96. The molecule has 1 aliphatic rings. The van der Waals surface area contributed by atoms with Gasteiger partial charge in [-0.3, -0.25) is 9.69 Å². The van der Waals surface area contributed by atoms with E-state index < -0.39 is 5.60 Å². The smallest absolute Gasteiger partial charge is 0.237 e. The Balaban J connectivity index is 1.96. The van der Waals surface area contributed by atoms with Gasteiger partial charge in [-0.25, -0.2) is 0 Å². The first-order valence-electron chi connectivity index (χ1n) is 8.17. The first-order chi connectivity index (χ1) is 10.3. The van der Waals surface area contributed by atoms with Crippen molar-refractivity contribution in [3.63, 3.8) is 0 Å². The Labute approximate surface area is 132 Å². The van der Waals surface area contributed by atoms with Crippen molar-refractivity contribution in [1.82, 2.24) is 10.2 Å². The number of aliphatic hydroxyl groups is 1. The lowest BCUT2D eigenvalue weighted by molar-refractivity contribution is -0.126. The Morgan fingerprint density at radius 1 is 1.55 bits per heavy atom. The minimum Gasteiger partial charge on any atom is -0.466 e. The number of aryl methyl sites for hydroxylation is 2. The maximum Gasteiger partial charge on any atom is 0.237 e. The van der Waals surface area contributed by atoms with E-state index >= 15 is 0 Å². The summed E-state index contributed by atoms with van der Waals surface area (Å²) in [6, 6.07) is 1.78. The highest BCUT2D eigenvalue weighted by molar-refractivity contribution is 5.82. The van der Waals surface area contributed by atoms with Crippen LogP contribution in [-0.2, 0) is 10.4 Å². The van der Waals surface area contributed by atoms with E-state index in [9.17, 15) is 9.90 Å². The van der Waals surface area contributed by atoms with E-state index in [0.29, 0.717) is 5.76 Å². The van der Waals surface area contributed by atoms with Gasteiger partial charge in [-0.15, -0.1) is 0 Å². The molecule has 2 N–H and O–H groups in total. The highest BCUT2D eigenvalue weighted by atomic mass is 16.3. The van der Waals surface area contributed by atoms with Crippen LogP contribution in [0.25, 0.3) is 0 Å². The lowest BCUT2D eigenvalue weighted by Crippen LogP contribution is -2.47. The van der Waals surface area contributed by atoms with Gasteiger partial charge in [-0.05, 0) is 59.2 Å². The van der Waals surface area contributed by atoms with Crippen molar-refractivity contribution in [2.24, 2.45) is 0 Å². The maximum atomic E-state index is 12.4. The summed E-state index contributed by atoms with van der Waals surface area (Å²) in [6.07, 6.45) is 3.02. The largest absolute Gasteiger partial charge is 0.466 e. The predicted octanol–water partition coefficient (Wildman–Crippen LogP) is 2.09. The number of carbonyl (C=O) groups is 1. The first kappa shape index (κ1) is 17.0. The molecule has 2 heterocycles. The zero-order valence-corrected chi connectivity index (χ0v) is 14.1. The zero-order valence-electron chi connectivity index (χ0n) is 14.1. The molecule has 0 spiro atoms. The van der Waals surface area contributed by atoms with Crippen molar-refractivity contribution < 1.29 is 14.3 Å². The molecule has 2 rings (SSSR count). The number of amides is 1. The van der Waals surface area contributed by atoms with Gasteiger partial charge in [0, 0.05) is 5.56 Å². The number of rotatable bonds is 6. The van der Waals surface area contributed by atoms with Crippen LogP contribution in [0.5, 0.6) is 0 Å². The zero-order chi connectivity index (χ0) is 16.3. The molecule has 2 atom stereocenters. The van der Waals surface area contributed by atoms with Gasteiger partial charge in [0.25, 0.3) is 0 Å². The van der Waals surface area contributed by atoms with E-state index in [1.807, 2.05) is 19.9 Å². The lowest BCUT2D eigenvalue weighted by Gasteiger charge is -2.27. The Kier molecular flexibility index (Phi) is 5.29. The number of carbonyl (C=O) groups excluding carboxylic acids is 1. The number of hydrogen-bond acceptors (Lipinski definition) is 4. The van der Waals surface area contributed by atoms with E-state index in [-0.39, 0.29) is 18.5 Å². The van der Waals surface area contributed by atoms with Crippen LogP contribution in [0.4, 0.5) is 0 Å². The first-order valence-corrected chi connectivity index (χ1v) is 8.17. The third-order valence-corrected chi connectivity index (χ3v) is 4.41. The second-order valence-electron chi connectivity index (χ2n) is 6.51. The fourth-order valence-electron chi connectivity index (χ4n) is 3.32. The summed E-state index contributed by atoms with van der Waals surface area (Å²) in [5, 5.41) is 13.6. The molecule has 0 radical (unpaired) electrons. The van der Waals surface area contributed by atoms with Crippen LogP contribution in [0.2, 0.25) is 0 Å². The molecule has 1 aromatic rings. The minimum atomic E-state index is -1.12. The summed E-state index contributed by atoms with van der Waals surface area (Å²) in [5.74, 6) is 1.48. The summed E-state index contributed by atoms with van der Waals surface area (Å²) in [6.45, 7) is 9.66. The topological polar surface area (TPSA) is 65.7 Å². The molecular weight excluding hydrogens is 280 g/mol. The van der Waals surface area contributed by atoms with Crippen molar-refractivity contribution >= 4 is 5.91 Å². The Hall–Kier alpha value is -1.33. The van der Waals surface area contributed by atoms with Crippen LogP contribution in [0.3, 0.4) is 0 Å². The molecule has 5 heteroatoms. The molecule has 0 aromatic carbocycles. The summed E-state index contributed by atoms with van der Waals surface area (Å²) < 4.78 is 5.48. The van der Waals surface area contributed by atoms with Crippen LogP contribution < -0.4 is 5.32 Å². The van der Waals surface area contributed by atoms with Gasteiger partial charge in [0.05, 0.1) is 12.6 Å². The minimum absolute atomic E-state index is 0.0177. The summed E-state index contributed by atoms with van der Waals surface area (Å²) in [5.41, 5.74) is -0.381. The van der Waals surface area contributed by atoms with Crippen LogP contribution in [0.15, 0.2) is 10.5 Å². The van der Waals surface area contributed by atoms with E-state index in [0.717, 1.165) is 43.7 Å². The molecule has 22 heavy (non-hydrogen) atoms. The van der Waals surface area contributed by atoms with Gasteiger partial charge in [-0.1, -0.05) is 6.92 Å². The van der Waals surface area contributed by atoms with Crippen molar-refractivity contribution in [1.29, 1.82) is 0 Å². The van der Waals surface area contributed by atoms with Crippen LogP contribution in [-0.4, -0.2) is 41.6 Å². The molecule has 2 unspecified atom stereocenters. The van der Waals surface area contributed by atoms with E-state index in [1.165, 1.54) is 0 Å². The number of likely N-dealkylation sites (tertiary alicyclic amines) is 1. The maximum absolute atomic E-state index is 12.4. The highest BCUT2D eigenvalue weighted by Gasteiger charge is 2.33. The molecule has 1 aromatic heterocycles. The van der Waals surface area contributed by atoms with Gasteiger partial charge < -0.3 is 14.8 Å². The summed E-state index contributed by atoms with van der Waals surface area (Å²) in [7, 11) is 0. The molecule has 5 nitrogen and oxygen atoms in total. The third kappa shape index (κ3) is 3.70. The standard InChI is InChI=1S/C17H28N2O3/c1-5-8-19-9-6-7-15(19)16(20)18-11-17(4,21)14-10-12(2)22-13(14)3/h10,15,21H,5-9,11H2,1-4H3,(H,18,20). The Morgan fingerprint density at radius 3 is 2.86 bits per heavy atom. The fourth-order valence-corrected chi connectivity index (χ4v) is 3.32. The number of hydrogen-bond donors (Lipinski definition) is 2. The second-order valence-corrected chi connectivity index (χ2v) is 6.51. The molecule has 0 aliphatic carbocycles. The Morgan fingerprint density at radius 2 is 2.27 bits per heavy atom. The quantitative estimate of drug-likeness (QED) is 0.844.